The van der Waals surface area contributed by atoms with E-state index in [1.807, 2.05) is 10.3 Å². The number of hydrogen-bond donors (Lipinski definition) is 2. The molecular weight excluding hydrogens is 468 g/mol. The summed E-state index contributed by atoms with van der Waals surface area (Å²) in [6.07, 6.45) is 2.24. The topological polar surface area (TPSA) is 108 Å². The molecule has 0 spiro atoms. The number of nitrogens with one attached hydrogen (secondary N) is 2. The molecule has 0 fully saturated rings. The van der Waals surface area contributed by atoms with Gasteiger partial charge < -0.3 is 10.2 Å². The van der Waals surface area contributed by atoms with Crippen molar-refractivity contribution >= 4 is 55.3 Å². The van der Waals surface area contributed by atoms with Crippen LogP contribution < -0.4 is 10.0 Å². The van der Waals surface area contributed by atoms with Crippen LogP contribution in [0.4, 0.5) is 10.8 Å². The lowest BCUT2D eigenvalue weighted by atomic mass is 10.1. The fraction of sp³-hybridized carbons (Fsp3) is 0.286. The molecule has 1 aliphatic heterocycles. The number of aromatic nitrogens is 1. The highest BCUT2D eigenvalue weighted by Gasteiger charge is 2.22. The molecule has 2 N–H and O–H groups in total. The third-order valence-corrected chi connectivity index (χ3v) is 7.35. The van der Waals surface area contributed by atoms with E-state index < -0.39 is 10.0 Å². The van der Waals surface area contributed by atoms with Gasteiger partial charge in [0.05, 0.1) is 11.9 Å². The van der Waals surface area contributed by atoms with Crippen molar-refractivity contribution in [1.82, 2.24) is 9.88 Å². The first kappa shape index (κ1) is 22.4. The lowest BCUT2D eigenvalue weighted by Gasteiger charge is -2.27. The van der Waals surface area contributed by atoms with E-state index in [-0.39, 0.29) is 24.7 Å². The second-order valence-corrected chi connectivity index (χ2v) is 11.1. The fourth-order valence-corrected chi connectivity index (χ4v) is 5.60. The molecule has 0 atom stereocenters. The molecule has 1 aliphatic rings. The normalized spacial score (nSPS) is 13.5. The number of rotatable bonds is 7. The molecule has 168 valence electrons. The Bertz CT molecular complexity index is 1230. The highest BCUT2D eigenvalue weighted by atomic mass is 32.2. The third kappa shape index (κ3) is 5.72. The zero-order valence-corrected chi connectivity index (χ0v) is 19.8. The second-order valence-electron chi connectivity index (χ2n) is 7.47. The maximum atomic E-state index is 12.5. The van der Waals surface area contributed by atoms with Gasteiger partial charge in [-0.15, -0.1) is 22.7 Å². The van der Waals surface area contributed by atoms with Crippen LogP contribution in [0.5, 0.6) is 0 Å². The number of nitrogens with zero attached hydrogens (tertiary/aromatic N) is 2. The molecule has 0 saturated carbocycles. The number of carbonyl (C=O) groups excluding carboxylic acids is 2. The minimum absolute atomic E-state index is 0.0142. The SMILES string of the molecule is CS(=O)(=O)Nc1ccc(-c2csc(NC(=O)CCC(=O)N3CCc4sccc4C3)n2)cc1. The molecule has 2 amide bonds. The molecule has 0 radical (unpaired) electrons. The Morgan fingerprint density at radius 3 is 2.66 bits per heavy atom. The highest BCUT2D eigenvalue weighted by Crippen LogP contribution is 2.27. The van der Waals surface area contributed by atoms with Gasteiger partial charge in [-0.05, 0) is 35.6 Å². The summed E-state index contributed by atoms with van der Waals surface area (Å²) in [7, 11) is -3.33. The Morgan fingerprint density at radius 2 is 1.91 bits per heavy atom. The van der Waals surface area contributed by atoms with Gasteiger partial charge in [0.1, 0.15) is 0 Å². The van der Waals surface area contributed by atoms with Crippen molar-refractivity contribution in [1.29, 1.82) is 0 Å². The fourth-order valence-electron chi connectivity index (χ4n) is 3.41. The van der Waals surface area contributed by atoms with Crippen LogP contribution in [0.1, 0.15) is 23.3 Å². The molecule has 4 rings (SSSR count). The Hall–Kier alpha value is -2.76. The monoisotopic (exact) mass is 490 g/mol. The van der Waals surface area contributed by atoms with Gasteiger partial charge in [0.25, 0.3) is 0 Å². The van der Waals surface area contributed by atoms with E-state index in [1.165, 1.54) is 21.8 Å². The quantitative estimate of drug-likeness (QED) is 0.527. The van der Waals surface area contributed by atoms with Crippen molar-refractivity contribution in [2.45, 2.75) is 25.8 Å². The van der Waals surface area contributed by atoms with Gasteiger partial charge >= 0.3 is 0 Å². The van der Waals surface area contributed by atoms with Gasteiger partial charge in [0.15, 0.2) is 5.13 Å². The zero-order chi connectivity index (χ0) is 22.7. The minimum atomic E-state index is -3.33. The van der Waals surface area contributed by atoms with E-state index in [9.17, 15) is 18.0 Å². The largest absolute Gasteiger partial charge is 0.338 e. The molecule has 8 nitrogen and oxygen atoms in total. The van der Waals surface area contributed by atoms with Crippen LogP contribution in [-0.2, 0) is 32.6 Å². The van der Waals surface area contributed by atoms with Crippen LogP contribution in [0.2, 0.25) is 0 Å². The second kappa shape index (κ2) is 9.39. The highest BCUT2D eigenvalue weighted by molar-refractivity contribution is 7.92. The lowest BCUT2D eigenvalue weighted by molar-refractivity contribution is -0.133. The van der Waals surface area contributed by atoms with E-state index in [1.54, 1.807) is 35.6 Å². The summed E-state index contributed by atoms with van der Waals surface area (Å²) in [6, 6.07) is 8.87. The van der Waals surface area contributed by atoms with Gasteiger partial charge in [-0.1, -0.05) is 12.1 Å². The predicted molar refractivity (Wildman–Crippen MR) is 127 cm³/mol. The smallest absolute Gasteiger partial charge is 0.229 e. The van der Waals surface area contributed by atoms with E-state index in [0.717, 1.165) is 18.2 Å². The molecule has 0 unspecified atom stereocenters. The first-order valence-electron chi connectivity index (χ1n) is 9.93. The molecule has 0 aliphatic carbocycles. The van der Waals surface area contributed by atoms with E-state index in [4.69, 9.17) is 0 Å². The van der Waals surface area contributed by atoms with Crippen molar-refractivity contribution in [3.8, 4) is 11.3 Å². The number of carbonyl (C=O) groups is 2. The average molecular weight is 491 g/mol. The number of amides is 2. The molecule has 1 aromatic carbocycles. The Morgan fingerprint density at radius 1 is 1.12 bits per heavy atom. The van der Waals surface area contributed by atoms with E-state index >= 15 is 0 Å². The summed E-state index contributed by atoms with van der Waals surface area (Å²) in [5, 5.41) is 7.07. The number of benzene rings is 1. The van der Waals surface area contributed by atoms with Gasteiger partial charge in [-0.2, -0.15) is 0 Å². The molecule has 0 saturated heterocycles. The zero-order valence-electron chi connectivity index (χ0n) is 17.3. The predicted octanol–water partition coefficient (Wildman–Crippen LogP) is 3.55. The first-order chi connectivity index (χ1) is 15.3. The van der Waals surface area contributed by atoms with E-state index in [2.05, 4.69) is 26.5 Å². The summed E-state index contributed by atoms with van der Waals surface area (Å²) in [5.41, 5.74) is 3.14. The number of thiophene rings is 1. The molecule has 3 heterocycles. The number of thiazole rings is 1. The summed E-state index contributed by atoms with van der Waals surface area (Å²) in [5.74, 6) is -0.264. The van der Waals surface area contributed by atoms with Crippen molar-refractivity contribution in [2.75, 3.05) is 22.8 Å². The number of anilines is 2. The van der Waals surface area contributed by atoms with Crippen LogP contribution in [0.15, 0.2) is 41.1 Å². The molecule has 32 heavy (non-hydrogen) atoms. The molecule has 2 aromatic heterocycles. The first-order valence-corrected chi connectivity index (χ1v) is 13.6. The lowest BCUT2D eigenvalue weighted by Crippen LogP contribution is -2.35. The maximum absolute atomic E-state index is 12.5. The molecule has 11 heteroatoms. The van der Waals surface area contributed by atoms with Crippen LogP contribution in [0, 0.1) is 0 Å². The van der Waals surface area contributed by atoms with Gasteiger partial charge in [0, 0.05) is 47.4 Å². The average Bonchev–Trinajstić information content (AvgIpc) is 3.40. The summed E-state index contributed by atoms with van der Waals surface area (Å²) < 4.78 is 25.0. The van der Waals surface area contributed by atoms with Crippen LogP contribution in [0.3, 0.4) is 0 Å². The van der Waals surface area contributed by atoms with Crippen molar-refractivity contribution < 1.29 is 18.0 Å². The van der Waals surface area contributed by atoms with Gasteiger partial charge in [-0.3, -0.25) is 14.3 Å². The van der Waals surface area contributed by atoms with Crippen LogP contribution in [-0.4, -0.2) is 42.9 Å². The standard InChI is InChI=1S/C21H22N4O4S3/c1-32(28,29)24-16-4-2-14(3-5-16)17-13-31-21(22-17)23-19(26)6-7-20(27)25-10-8-18-15(12-25)9-11-30-18/h2-5,9,11,13,24H,6-8,10,12H2,1H3,(H,22,23,26). The molecule has 0 bridgehead atoms. The minimum Gasteiger partial charge on any atom is -0.338 e. The summed E-state index contributed by atoms with van der Waals surface area (Å²) in [6.45, 7) is 1.32. The van der Waals surface area contributed by atoms with Crippen molar-refractivity contribution in [3.63, 3.8) is 0 Å². The number of sulfonamides is 1. The van der Waals surface area contributed by atoms with Crippen molar-refractivity contribution in [2.24, 2.45) is 0 Å². The van der Waals surface area contributed by atoms with Crippen molar-refractivity contribution in [3.05, 3.63) is 51.5 Å². The van der Waals surface area contributed by atoms with Crippen LogP contribution in [0.25, 0.3) is 11.3 Å². The van der Waals surface area contributed by atoms with Gasteiger partial charge in [0.2, 0.25) is 21.8 Å². The molecular formula is C21H22N4O4S3. The maximum Gasteiger partial charge on any atom is 0.229 e. The Labute approximate surface area is 194 Å². The molecule has 3 aromatic rings. The third-order valence-electron chi connectivity index (χ3n) is 4.96. The number of fused-ring (bicyclic) bond motifs is 1. The number of hydrogen-bond acceptors (Lipinski definition) is 7. The van der Waals surface area contributed by atoms with E-state index in [0.29, 0.717) is 29.6 Å². The van der Waals surface area contributed by atoms with Gasteiger partial charge in [-0.25, -0.2) is 13.4 Å². The summed E-state index contributed by atoms with van der Waals surface area (Å²) >= 11 is 3.02. The Balaban J connectivity index is 1.28. The summed E-state index contributed by atoms with van der Waals surface area (Å²) in [4.78, 5) is 32.4. The Kier molecular flexibility index (Phi) is 6.58. The van der Waals surface area contributed by atoms with Crippen LogP contribution >= 0.6 is 22.7 Å².